The van der Waals surface area contributed by atoms with E-state index in [0.717, 1.165) is 38.5 Å². The minimum absolute atomic E-state index is 0.337. The molecule has 0 amide bonds. The average molecular weight is 353 g/mol. The molecule has 1 fully saturated rings. The van der Waals surface area contributed by atoms with Crippen molar-refractivity contribution in [3.8, 4) is 0 Å². The summed E-state index contributed by atoms with van der Waals surface area (Å²) in [5.74, 6) is 0.862. The van der Waals surface area contributed by atoms with Crippen LogP contribution in [0.5, 0.6) is 0 Å². The van der Waals surface area contributed by atoms with Crippen LogP contribution >= 0.6 is 0 Å². The number of rotatable bonds is 16. The molecule has 0 aromatic rings. The fourth-order valence-electron chi connectivity index (χ4n) is 4.14. The standard InChI is InChI=1S/C23H44O2/c1-3-4-5-6-7-8-9-10-11-12-13-14-15-16-23(24)21-17-19-22(25-2)20-18-21/h21-22H,3-20H2,1-2H3. The van der Waals surface area contributed by atoms with Gasteiger partial charge < -0.3 is 4.74 Å². The van der Waals surface area contributed by atoms with Crippen LogP contribution in [0.2, 0.25) is 0 Å². The maximum absolute atomic E-state index is 12.3. The van der Waals surface area contributed by atoms with Gasteiger partial charge in [-0.2, -0.15) is 0 Å². The summed E-state index contributed by atoms with van der Waals surface area (Å²) in [5, 5.41) is 0. The van der Waals surface area contributed by atoms with Gasteiger partial charge in [-0.3, -0.25) is 4.79 Å². The zero-order valence-corrected chi connectivity index (χ0v) is 17.2. The number of hydrogen-bond acceptors (Lipinski definition) is 2. The van der Waals surface area contributed by atoms with Crippen molar-refractivity contribution in [1.82, 2.24) is 0 Å². The van der Waals surface area contributed by atoms with Gasteiger partial charge in [0.2, 0.25) is 0 Å². The highest BCUT2D eigenvalue weighted by molar-refractivity contribution is 5.81. The van der Waals surface area contributed by atoms with E-state index in [-0.39, 0.29) is 0 Å². The highest BCUT2D eigenvalue weighted by Crippen LogP contribution is 2.28. The SMILES string of the molecule is CCCCCCCCCCCCCCCC(=O)C1CCC(OC)CC1. The molecular formula is C23H44O2. The summed E-state index contributed by atoms with van der Waals surface area (Å²) in [4.78, 5) is 12.3. The van der Waals surface area contributed by atoms with Crippen molar-refractivity contribution in [2.24, 2.45) is 5.92 Å². The zero-order valence-electron chi connectivity index (χ0n) is 17.2. The molecule has 0 spiro atoms. The molecule has 0 bridgehead atoms. The Balaban J connectivity index is 1.82. The van der Waals surface area contributed by atoms with Crippen LogP contribution in [0.25, 0.3) is 0 Å². The van der Waals surface area contributed by atoms with Gasteiger partial charge >= 0.3 is 0 Å². The van der Waals surface area contributed by atoms with Gasteiger partial charge in [0.1, 0.15) is 5.78 Å². The van der Waals surface area contributed by atoms with E-state index in [1.54, 1.807) is 7.11 Å². The lowest BCUT2D eigenvalue weighted by Gasteiger charge is -2.26. The van der Waals surface area contributed by atoms with Gasteiger partial charge in [0.05, 0.1) is 6.10 Å². The largest absolute Gasteiger partial charge is 0.381 e. The van der Waals surface area contributed by atoms with Crippen LogP contribution < -0.4 is 0 Å². The molecule has 1 aliphatic carbocycles. The lowest BCUT2D eigenvalue weighted by Crippen LogP contribution is -2.25. The molecule has 0 radical (unpaired) electrons. The first kappa shape index (κ1) is 22.7. The topological polar surface area (TPSA) is 26.3 Å². The van der Waals surface area contributed by atoms with E-state index in [1.807, 2.05) is 0 Å². The Morgan fingerprint density at radius 3 is 1.60 bits per heavy atom. The Hall–Kier alpha value is -0.370. The highest BCUT2D eigenvalue weighted by atomic mass is 16.5. The van der Waals surface area contributed by atoms with Crippen molar-refractivity contribution in [3.05, 3.63) is 0 Å². The second-order valence-corrected chi connectivity index (χ2v) is 8.17. The van der Waals surface area contributed by atoms with E-state index in [1.165, 1.54) is 77.0 Å². The fraction of sp³-hybridized carbons (Fsp3) is 0.957. The first-order chi connectivity index (χ1) is 12.3. The lowest BCUT2D eigenvalue weighted by atomic mass is 9.83. The molecule has 0 aromatic carbocycles. The maximum Gasteiger partial charge on any atom is 0.135 e. The summed E-state index contributed by atoms with van der Waals surface area (Å²) in [6.45, 7) is 2.28. The average Bonchev–Trinajstić information content (AvgIpc) is 2.65. The summed E-state index contributed by atoms with van der Waals surface area (Å²) in [6.07, 6.45) is 23.3. The molecule has 2 nitrogen and oxygen atoms in total. The Labute approximate surface area is 157 Å². The molecule has 1 saturated carbocycles. The van der Waals surface area contributed by atoms with Gasteiger partial charge in [-0.25, -0.2) is 0 Å². The van der Waals surface area contributed by atoms with Crippen LogP contribution in [0.3, 0.4) is 0 Å². The molecule has 0 aromatic heterocycles. The number of ketones is 1. The van der Waals surface area contributed by atoms with Crippen molar-refractivity contribution in [2.75, 3.05) is 7.11 Å². The molecule has 0 atom stereocenters. The van der Waals surface area contributed by atoms with Crippen LogP contribution in [-0.2, 0) is 9.53 Å². The Kier molecular flexibility index (Phi) is 14.4. The summed E-state index contributed by atoms with van der Waals surface area (Å²) >= 11 is 0. The number of ether oxygens (including phenoxy) is 1. The molecular weight excluding hydrogens is 308 g/mol. The number of unbranched alkanes of at least 4 members (excludes halogenated alkanes) is 12. The Morgan fingerprint density at radius 2 is 1.16 bits per heavy atom. The molecule has 1 aliphatic rings. The Bertz CT molecular complexity index is 305. The number of Topliss-reactive ketones (excluding diaryl/α,β-unsaturated/α-hetero) is 1. The number of hydrogen-bond donors (Lipinski definition) is 0. The molecule has 148 valence electrons. The minimum atomic E-state index is 0.337. The van der Waals surface area contributed by atoms with Crippen molar-refractivity contribution < 1.29 is 9.53 Å². The quantitative estimate of drug-likeness (QED) is 0.274. The highest BCUT2D eigenvalue weighted by Gasteiger charge is 2.25. The smallest absolute Gasteiger partial charge is 0.135 e. The van der Waals surface area contributed by atoms with Crippen LogP contribution in [0, 0.1) is 5.92 Å². The third-order valence-electron chi connectivity index (χ3n) is 5.99. The zero-order chi connectivity index (χ0) is 18.2. The molecule has 2 heteroatoms. The lowest BCUT2D eigenvalue weighted by molar-refractivity contribution is -0.124. The van der Waals surface area contributed by atoms with E-state index >= 15 is 0 Å². The van der Waals surface area contributed by atoms with E-state index in [4.69, 9.17) is 4.74 Å². The molecule has 0 aliphatic heterocycles. The van der Waals surface area contributed by atoms with Gasteiger partial charge in [0.15, 0.2) is 0 Å². The van der Waals surface area contributed by atoms with Gasteiger partial charge in [-0.15, -0.1) is 0 Å². The molecule has 0 heterocycles. The monoisotopic (exact) mass is 352 g/mol. The van der Waals surface area contributed by atoms with Crippen LogP contribution in [0.15, 0.2) is 0 Å². The normalized spacial score (nSPS) is 20.7. The number of carbonyl (C=O) groups is 1. The summed E-state index contributed by atoms with van der Waals surface area (Å²) in [6, 6.07) is 0. The molecule has 0 unspecified atom stereocenters. The fourth-order valence-corrected chi connectivity index (χ4v) is 4.14. The molecule has 0 N–H and O–H groups in total. The predicted molar refractivity (Wildman–Crippen MR) is 108 cm³/mol. The van der Waals surface area contributed by atoms with Crippen molar-refractivity contribution in [3.63, 3.8) is 0 Å². The maximum atomic E-state index is 12.3. The summed E-state index contributed by atoms with van der Waals surface area (Å²) < 4.78 is 5.39. The number of carbonyl (C=O) groups excluding carboxylic acids is 1. The van der Waals surface area contributed by atoms with E-state index in [9.17, 15) is 4.79 Å². The van der Waals surface area contributed by atoms with Crippen molar-refractivity contribution in [2.45, 2.75) is 129 Å². The second-order valence-electron chi connectivity index (χ2n) is 8.17. The number of methoxy groups -OCH3 is 1. The summed E-state index contributed by atoms with van der Waals surface area (Å²) in [7, 11) is 1.79. The van der Waals surface area contributed by atoms with Gasteiger partial charge in [-0.1, -0.05) is 84.0 Å². The molecule has 25 heavy (non-hydrogen) atoms. The minimum Gasteiger partial charge on any atom is -0.381 e. The molecule has 0 saturated heterocycles. The predicted octanol–water partition coefficient (Wildman–Crippen LogP) is 7.24. The third-order valence-corrected chi connectivity index (χ3v) is 5.99. The van der Waals surface area contributed by atoms with Crippen LogP contribution in [-0.4, -0.2) is 19.0 Å². The van der Waals surface area contributed by atoms with E-state index < -0.39 is 0 Å². The third kappa shape index (κ3) is 11.8. The Morgan fingerprint density at radius 1 is 0.720 bits per heavy atom. The van der Waals surface area contributed by atoms with Gasteiger partial charge in [0, 0.05) is 19.4 Å². The van der Waals surface area contributed by atoms with Gasteiger partial charge in [0.25, 0.3) is 0 Å². The van der Waals surface area contributed by atoms with Crippen LogP contribution in [0.1, 0.15) is 122 Å². The first-order valence-corrected chi connectivity index (χ1v) is 11.3. The van der Waals surface area contributed by atoms with Crippen molar-refractivity contribution in [1.29, 1.82) is 0 Å². The van der Waals surface area contributed by atoms with Crippen LogP contribution in [0.4, 0.5) is 0 Å². The second kappa shape index (κ2) is 15.9. The van der Waals surface area contributed by atoms with Crippen molar-refractivity contribution >= 4 is 5.78 Å². The van der Waals surface area contributed by atoms with Gasteiger partial charge in [-0.05, 0) is 32.1 Å². The van der Waals surface area contributed by atoms with E-state index in [0.29, 0.717) is 17.8 Å². The van der Waals surface area contributed by atoms with E-state index in [2.05, 4.69) is 6.92 Å². The summed E-state index contributed by atoms with van der Waals surface area (Å²) in [5.41, 5.74) is 0. The molecule has 1 rings (SSSR count). The first-order valence-electron chi connectivity index (χ1n) is 11.3.